The zero-order valence-electron chi connectivity index (χ0n) is 13.2. The zero-order valence-corrected chi connectivity index (χ0v) is 14.8. The van der Waals surface area contributed by atoms with Crippen molar-refractivity contribution >= 4 is 49.7 Å². The molecule has 0 saturated heterocycles. The Morgan fingerprint density at radius 2 is 2.16 bits per heavy atom. The molecule has 2 aromatic heterocycles. The number of rotatable bonds is 3. The van der Waals surface area contributed by atoms with Crippen LogP contribution >= 0.6 is 15.9 Å². The van der Waals surface area contributed by atoms with Gasteiger partial charge in [-0.3, -0.25) is 14.5 Å². The second-order valence-electron chi connectivity index (χ2n) is 5.72. The van der Waals surface area contributed by atoms with Crippen LogP contribution in [0.2, 0.25) is 0 Å². The van der Waals surface area contributed by atoms with Crippen molar-refractivity contribution in [2.24, 2.45) is 7.05 Å². The lowest BCUT2D eigenvalue weighted by atomic mass is 10.1. The average Bonchev–Trinajstić information content (AvgIpc) is 3.09. The number of anilines is 1. The molecule has 0 radical (unpaired) electrons. The molecule has 0 aliphatic carbocycles. The summed E-state index contributed by atoms with van der Waals surface area (Å²) in [4.78, 5) is 23.9. The first-order valence-electron chi connectivity index (χ1n) is 7.53. The predicted octanol–water partition coefficient (Wildman–Crippen LogP) is 2.95. The van der Waals surface area contributed by atoms with Gasteiger partial charge in [0.1, 0.15) is 0 Å². The van der Waals surface area contributed by atoms with E-state index in [-0.39, 0.29) is 12.3 Å². The van der Waals surface area contributed by atoms with Crippen molar-refractivity contribution in [2.75, 3.05) is 5.32 Å². The highest BCUT2D eigenvalue weighted by Gasteiger charge is 2.12. The van der Waals surface area contributed by atoms with E-state index in [1.165, 1.54) is 4.57 Å². The fraction of sp³-hybridized carbons (Fsp3) is 0.118. The van der Waals surface area contributed by atoms with E-state index in [0.29, 0.717) is 16.9 Å². The topological polar surface area (TPSA) is 92.9 Å². The SMILES string of the molecule is Cn1c(=O)oc2ccc(CC(=O)Nc3n[nH]c4cc(Br)ccc34)cc21. The number of nitrogens with one attached hydrogen (secondary N) is 2. The molecule has 2 N–H and O–H groups in total. The molecule has 2 aromatic carbocycles. The molecule has 1 amide bonds. The Kier molecular flexibility index (Phi) is 3.69. The van der Waals surface area contributed by atoms with E-state index in [0.717, 1.165) is 20.9 Å². The number of hydrogen-bond donors (Lipinski definition) is 2. The van der Waals surface area contributed by atoms with Gasteiger partial charge in [0.25, 0.3) is 0 Å². The average molecular weight is 401 g/mol. The summed E-state index contributed by atoms with van der Waals surface area (Å²) >= 11 is 3.40. The minimum atomic E-state index is -0.425. The smallest absolute Gasteiger partial charge is 0.408 e. The van der Waals surface area contributed by atoms with Gasteiger partial charge in [0.2, 0.25) is 5.91 Å². The second kappa shape index (κ2) is 5.89. The maximum Gasteiger partial charge on any atom is 0.419 e. The van der Waals surface area contributed by atoms with Crippen molar-refractivity contribution in [3.63, 3.8) is 0 Å². The summed E-state index contributed by atoms with van der Waals surface area (Å²) in [6.45, 7) is 0. The van der Waals surface area contributed by atoms with Crippen LogP contribution in [0.15, 0.2) is 50.1 Å². The maximum atomic E-state index is 12.4. The van der Waals surface area contributed by atoms with Crippen LogP contribution in [-0.2, 0) is 18.3 Å². The number of carbonyl (C=O) groups is 1. The van der Waals surface area contributed by atoms with Crippen molar-refractivity contribution in [1.82, 2.24) is 14.8 Å². The molecule has 0 saturated carbocycles. The van der Waals surface area contributed by atoms with Crippen molar-refractivity contribution in [3.05, 3.63) is 57.0 Å². The lowest BCUT2D eigenvalue weighted by Crippen LogP contribution is -2.15. The Bertz CT molecular complexity index is 1170. The number of H-pyrrole nitrogens is 1. The third kappa shape index (κ3) is 2.85. The molecule has 0 unspecified atom stereocenters. The number of oxazole rings is 1. The molecule has 8 heteroatoms. The van der Waals surface area contributed by atoms with Gasteiger partial charge in [-0.15, -0.1) is 0 Å². The number of benzene rings is 2. The van der Waals surface area contributed by atoms with Crippen molar-refractivity contribution in [3.8, 4) is 0 Å². The number of halogens is 1. The van der Waals surface area contributed by atoms with E-state index in [2.05, 4.69) is 31.4 Å². The van der Waals surface area contributed by atoms with Crippen LogP contribution in [0.25, 0.3) is 22.0 Å². The lowest BCUT2D eigenvalue weighted by molar-refractivity contribution is -0.115. The summed E-state index contributed by atoms with van der Waals surface area (Å²) in [5.74, 6) is -0.126. The summed E-state index contributed by atoms with van der Waals surface area (Å²) in [5, 5.41) is 10.7. The highest BCUT2D eigenvalue weighted by molar-refractivity contribution is 9.10. The van der Waals surface area contributed by atoms with Gasteiger partial charge in [-0.25, -0.2) is 4.79 Å². The minimum Gasteiger partial charge on any atom is -0.408 e. The van der Waals surface area contributed by atoms with Gasteiger partial charge in [-0.1, -0.05) is 22.0 Å². The zero-order chi connectivity index (χ0) is 17.6. The molecule has 7 nitrogen and oxygen atoms in total. The summed E-state index contributed by atoms with van der Waals surface area (Å²) in [7, 11) is 1.63. The molecule has 4 rings (SSSR count). The Morgan fingerprint density at radius 1 is 1.32 bits per heavy atom. The first kappa shape index (κ1) is 15.6. The number of fused-ring (bicyclic) bond motifs is 2. The lowest BCUT2D eigenvalue weighted by Gasteiger charge is -2.03. The molecule has 0 spiro atoms. The molecular formula is C17H13BrN4O3. The molecule has 2 heterocycles. The molecular weight excluding hydrogens is 388 g/mol. The Hall–Kier alpha value is -2.87. The predicted molar refractivity (Wildman–Crippen MR) is 97.6 cm³/mol. The van der Waals surface area contributed by atoms with Crippen LogP contribution in [0.5, 0.6) is 0 Å². The number of aryl methyl sites for hydroxylation is 1. The Morgan fingerprint density at radius 3 is 3.00 bits per heavy atom. The third-order valence-electron chi connectivity index (χ3n) is 4.00. The van der Waals surface area contributed by atoms with Gasteiger partial charge in [0.15, 0.2) is 11.4 Å². The summed E-state index contributed by atoms with van der Waals surface area (Å²) in [5.41, 5.74) is 2.77. The van der Waals surface area contributed by atoms with Crippen LogP contribution in [0, 0.1) is 0 Å². The summed E-state index contributed by atoms with van der Waals surface area (Å²) < 4.78 is 7.43. The first-order chi connectivity index (χ1) is 12.0. The molecule has 0 atom stereocenters. The van der Waals surface area contributed by atoms with Crippen LogP contribution in [0.3, 0.4) is 0 Å². The van der Waals surface area contributed by atoms with Gasteiger partial charge in [-0.2, -0.15) is 5.10 Å². The number of nitrogens with zero attached hydrogens (tertiary/aromatic N) is 2. The molecule has 25 heavy (non-hydrogen) atoms. The fourth-order valence-corrected chi connectivity index (χ4v) is 3.09. The summed E-state index contributed by atoms with van der Waals surface area (Å²) in [6.07, 6.45) is 0.167. The van der Waals surface area contributed by atoms with Crippen LogP contribution < -0.4 is 11.1 Å². The van der Waals surface area contributed by atoms with Gasteiger partial charge >= 0.3 is 5.76 Å². The van der Waals surface area contributed by atoms with Crippen LogP contribution in [-0.4, -0.2) is 20.7 Å². The maximum absolute atomic E-state index is 12.4. The molecule has 0 fully saturated rings. The van der Waals surface area contributed by atoms with Gasteiger partial charge in [0, 0.05) is 16.9 Å². The van der Waals surface area contributed by atoms with E-state index in [9.17, 15) is 9.59 Å². The monoisotopic (exact) mass is 400 g/mol. The van der Waals surface area contributed by atoms with Crippen molar-refractivity contribution in [1.29, 1.82) is 0 Å². The first-order valence-corrected chi connectivity index (χ1v) is 8.32. The number of hydrogen-bond acceptors (Lipinski definition) is 4. The molecule has 0 aliphatic heterocycles. The number of aromatic nitrogens is 3. The quantitative estimate of drug-likeness (QED) is 0.552. The van der Waals surface area contributed by atoms with Gasteiger partial charge in [-0.05, 0) is 35.9 Å². The normalized spacial score (nSPS) is 11.3. The standard InChI is InChI=1S/C17H13BrN4O3/c1-22-13-6-9(2-5-14(13)25-17(22)24)7-15(23)19-16-11-4-3-10(18)8-12(11)20-21-16/h2-6,8H,7H2,1H3,(H2,19,20,21,23). The molecule has 0 bridgehead atoms. The van der Waals surface area contributed by atoms with Crippen LogP contribution in [0.4, 0.5) is 5.82 Å². The van der Waals surface area contributed by atoms with Crippen molar-refractivity contribution in [2.45, 2.75) is 6.42 Å². The minimum absolute atomic E-state index is 0.167. The van der Waals surface area contributed by atoms with E-state index < -0.39 is 5.76 Å². The van der Waals surface area contributed by atoms with Gasteiger partial charge < -0.3 is 9.73 Å². The highest BCUT2D eigenvalue weighted by Crippen LogP contribution is 2.24. The van der Waals surface area contributed by atoms with E-state index in [4.69, 9.17) is 4.42 Å². The Balaban J connectivity index is 1.57. The van der Waals surface area contributed by atoms with Gasteiger partial charge in [0.05, 0.1) is 17.5 Å². The molecule has 4 aromatic rings. The van der Waals surface area contributed by atoms with Crippen LogP contribution in [0.1, 0.15) is 5.56 Å². The Labute approximate surface area is 149 Å². The largest absolute Gasteiger partial charge is 0.419 e. The molecule has 126 valence electrons. The molecule has 0 aliphatic rings. The van der Waals surface area contributed by atoms with E-state index >= 15 is 0 Å². The highest BCUT2D eigenvalue weighted by atomic mass is 79.9. The summed E-state index contributed by atoms with van der Waals surface area (Å²) in [6, 6.07) is 10.9. The van der Waals surface area contributed by atoms with E-state index in [1.807, 2.05) is 18.2 Å². The number of carbonyl (C=O) groups excluding carboxylic acids is 1. The van der Waals surface area contributed by atoms with E-state index in [1.54, 1.807) is 25.2 Å². The van der Waals surface area contributed by atoms with Crippen molar-refractivity contribution < 1.29 is 9.21 Å². The third-order valence-corrected chi connectivity index (χ3v) is 4.50. The number of aromatic amines is 1. The second-order valence-corrected chi connectivity index (χ2v) is 6.63. The number of amides is 1. The fourth-order valence-electron chi connectivity index (χ4n) is 2.73.